The molecule has 0 aliphatic rings. The lowest BCUT2D eigenvalue weighted by Crippen LogP contribution is -2.19. The molecule has 1 aromatic heterocycles. The second kappa shape index (κ2) is 7.19. The Kier molecular flexibility index (Phi) is 4.81. The number of hydrogen-bond donors (Lipinski definition) is 3. The number of phenolic OH excluding ortho intramolecular Hbond substituents is 1. The predicted octanol–water partition coefficient (Wildman–Crippen LogP) is 3.59. The molecule has 2 aromatic carbocycles. The number of amides is 1. The Hall–Kier alpha value is -3.12. The van der Waals surface area contributed by atoms with Crippen molar-refractivity contribution in [3.05, 3.63) is 70.9 Å². The molecule has 3 N–H and O–H groups in total. The van der Waals surface area contributed by atoms with Gasteiger partial charge in [0.15, 0.2) is 0 Å². The fraction of sp³-hybridized carbons (Fsp3) is 0.0556. The van der Waals surface area contributed by atoms with Gasteiger partial charge in [0.05, 0.1) is 16.4 Å². The molecule has 0 radical (unpaired) electrons. The lowest BCUT2D eigenvalue weighted by molar-refractivity contribution is 0.0950. The SMILES string of the molecule is C/C(=N\NC(=O)c1cc(-c2ccccc2Cl)n[nH]1)c1cccc(O)c1. The largest absolute Gasteiger partial charge is 0.508 e. The summed E-state index contributed by atoms with van der Waals surface area (Å²) in [6.07, 6.45) is 0. The summed E-state index contributed by atoms with van der Waals surface area (Å²) in [4.78, 5) is 12.2. The van der Waals surface area contributed by atoms with E-state index in [1.165, 1.54) is 0 Å². The minimum absolute atomic E-state index is 0.135. The molecule has 3 rings (SSSR count). The highest BCUT2D eigenvalue weighted by atomic mass is 35.5. The minimum atomic E-state index is -0.426. The van der Waals surface area contributed by atoms with Crippen LogP contribution in [0.25, 0.3) is 11.3 Å². The van der Waals surface area contributed by atoms with E-state index in [0.717, 1.165) is 5.56 Å². The number of phenols is 1. The fourth-order valence-corrected chi connectivity index (χ4v) is 2.47. The summed E-state index contributed by atoms with van der Waals surface area (Å²) in [6.45, 7) is 1.73. The number of rotatable bonds is 4. The molecule has 0 atom stereocenters. The number of hydrazone groups is 1. The number of carbonyl (C=O) groups is 1. The summed E-state index contributed by atoms with van der Waals surface area (Å²) >= 11 is 6.13. The van der Waals surface area contributed by atoms with Gasteiger partial charge in [-0.2, -0.15) is 10.2 Å². The van der Waals surface area contributed by atoms with Crippen molar-refractivity contribution in [2.45, 2.75) is 6.92 Å². The molecule has 1 heterocycles. The molecule has 0 saturated carbocycles. The van der Waals surface area contributed by atoms with Gasteiger partial charge in [-0.25, -0.2) is 5.43 Å². The van der Waals surface area contributed by atoms with Crippen LogP contribution in [-0.2, 0) is 0 Å². The van der Waals surface area contributed by atoms with E-state index >= 15 is 0 Å². The highest BCUT2D eigenvalue weighted by molar-refractivity contribution is 6.33. The number of aromatic nitrogens is 2. The van der Waals surface area contributed by atoms with E-state index < -0.39 is 5.91 Å². The van der Waals surface area contributed by atoms with Crippen LogP contribution in [0.15, 0.2) is 59.7 Å². The van der Waals surface area contributed by atoms with Crippen molar-refractivity contribution < 1.29 is 9.90 Å². The summed E-state index contributed by atoms with van der Waals surface area (Å²) in [5.41, 5.74) is 5.31. The van der Waals surface area contributed by atoms with Crippen LogP contribution >= 0.6 is 11.6 Å². The summed E-state index contributed by atoms with van der Waals surface area (Å²) in [5.74, 6) is -0.290. The van der Waals surface area contributed by atoms with Crippen molar-refractivity contribution >= 4 is 23.2 Å². The molecule has 3 aromatic rings. The van der Waals surface area contributed by atoms with E-state index in [9.17, 15) is 9.90 Å². The third-order valence-electron chi connectivity index (χ3n) is 3.56. The Morgan fingerprint density at radius 1 is 1.20 bits per heavy atom. The zero-order valence-corrected chi connectivity index (χ0v) is 14.1. The first-order valence-electron chi connectivity index (χ1n) is 7.49. The standard InChI is InChI=1S/C18H15ClN4O2/c1-11(12-5-4-6-13(24)9-12)20-23-18(25)17-10-16(21-22-17)14-7-2-3-8-15(14)19/h2-10,24H,1H3,(H,21,22)(H,23,25)/b20-11+. The number of aromatic amines is 1. The molecule has 0 aliphatic carbocycles. The Balaban J connectivity index is 1.74. The topological polar surface area (TPSA) is 90.4 Å². The number of carbonyl (C=O) groups excluding carboxylic acids is 1. The molecule has 0 unspecified atom stereocenters. The average Bonchev–Trinajstić information content (AvgIpc) is 3.09. The lowest BCUT2D eigenvalue weighted by atomic mass is 10.1. The van der Waals surface area contributed by atoms with Crippen molar-refractivity contribution in [1.29, 1.82) is 0 Å². The van der Waals surface area contributed by atoms with Gasteiger partial charge in [0.2, 0.25) is 0 Å². The number of H-pyrrole nitrogens is 1. The number of nitrogens with one attached hydrogen (secondary N) is 2. The number of aromatic hydroxyl groups is 1. The molecule has 1 amide bonds. The summed E-state index contributed by atoms with van der Waals surface area (Å²) in [7, 11) is 0. The molecule has 0 fully saturated rings. The summed E-state index contributed by atoms with van der Waals surface area (Å²) in [5, 5.41) is 20.9. The van der Waals surface area contributed by atoms with Crippen LogP contribution in [0.2, 0.25) is 5.02 Å². The smallest absolute Gasteiger partial charge is 0.289 e. The molecule has 7 heteroatoms. The maximum atomic E-state index is 12.2. The van der Waals surface area contributed by atoms with Gasteiger partial charge < -0.3 is 5.11 Å². The summed E-state index contributed by atoms with van der Waals surface area (Å²) in [6, 6.07) is 15.5. The van der Waals surface area contributed by atoms with Crippen LogP contribution in [0, 0.1) is 0 Å². The summed E-state index contributed by atoms with van der Waals surface area (Å²) < 4.78 is 0. The maximum Gasteiger partial charge on any atom is 0.289 e. The van der Waals surface area contributed by atoms with Gasteiger partial charge in [0, 0.05) is 11.1 Å². The van der Waals surface area contributed by atoms with Crippen LogP contribution in [-0.4, -0.2) is 26.9 Å². The Bertz CT molecular complexity index is 950. The third kappa shape index (κ3) is 3.87. The van der Waals surface area contributed by atoms with Crippen molar-refractivity contribution in [2.24, 2.45) is 5.10 Å². The van der Waals surface area contributed by atoms with E-state index in [-0.39, 0.29) is 11.4 Å². The van der Waals surface area contributed by atoms with Crippen LogP contribution in [0.3, 0.4) is 0 Å². The Labute approximate surface area is 149 Å². The van der Waals surface area contributed by atoms with E-state index in [1.54, 1.807) is 43.3 Å². The fourth-order valence-electron chi connectivity index (χ4n) is 2.24. The van der Waals surface area contributed by atoms with E-state index in [1.807, 2.05) is 18.2 Å². The first kappa shape index (κ1) is 16.7. The van der Waals surface area contributed by atoms with Gasteiger partial charge in [0.1, 0.15) is 11.4 Å². The van der Waals surface area contributed by atoms with Crippen LogP contribution in [0.4, 0.5) is 0 Å². The average molecular weight is 355 g/mol. The van der Waals surface area contributed by atoms with Crippen LogP contribution < -0.4 is 5.43 Å². The molecule has 6 nitrogen and oxygen atoms in total. The van der Waals surface area contributed by atoms with Crippen molar-refractivity contribution in [3.63, 3.8) is 0 Å². The van der Waals surface area contributed by atoms with Gasteiger partial charge in [0.25, 0.3) is 5.91 Å². The quantitative estimate of drug-likeness (QED) is 0.494. The highest BCUT2D eigenvalue weighted by Gasteiger charge is 2.12. The van der Waals surface area contributed by atoms with E-state index in [4.69, 9.17) is 11.6 Å². The minimum Gasteiger partial charge on any atom is -0.508 e. The molecule has 0 saturated heterocycles. The lowest BCUT2D eigenvalue weighted by Gasteiger charge is -2.02. The normalized spacial score (nSPS) is 11.4. The Morgan fingerprint density at radius 3 is 2.76 bits per heavy atom. The second-order valence-electron chi connectivity index (χ2n) is 5.34. The van der Waals surface area contributed by atoms with Crippen molar-refractivity contribution in [3.8, 4) is 17.0 Å². The first-order valence-corrected chi connectivity index (χ1v) is 7.87. The number of benzene rings is 2. The number of halogens is 1. The zero-order valence-electron chi connectivity index (χ0n) is 13.3. The van der Waals surface area contributed by atoms with Crippen molar-refractivity contribution in [2.75, 3.05) is 0 Å². The van der Waals surface area contributed by atoms with Gasteiger partial charge >= 0.3 is 0 Å². The first-order chi connectivity index (χ1) is 12.0. The third-order valence-corrected chi connectivity index (χ3v) is 3.89. The molecule has 0 aliphatic heterocycles. The monoisotopic (exact) mass is 354 g/mol. The maximum absolute atomic E-state index is 12.2. The molecule has 25 heavy (non-hydrogen) atoms. The van der Waals surface area contributed by atoms with Crippen LogP contribution in [0.1, 0.15) is 23.0 Å². The van der Waals surface area contributed by atoms with Gasteiger partial charge in [-0.05, 0) is 31.2 Å². The second-order valence-corrected chi connectivity index (χ2v) is 5.74. The molecule has 0 spiro atoms. The molecular weight excluding hydrogens is 340 g/mol. The zero-order chi connectivity index (χ0) is 17.8. The van der Waals surface area contributed by atoms with E-state index in [2.05, 4.69) is 20.7 Å². The van der Waals surface area contributed by atoms with Gasteiger partial charge in [-0.3, -0.25) is 9.89 Å². The van der Waals surface area contributed by atoms with Gasteiger partial charge in [-0.1, -0.05) is 41.9 Å². The predicted molar refractivity (Wildman–Crippen MR) is 96.8 cm³/mol. The van der Waals surface area contributed by atoms with Gasteiger partial charge in [-0.15, -0.1) is 0 Å². The molecule has 126 valence electrons. The highest BCUT2D eigenvalue weighted by Crippen LogP contribution is 2.26. The van der Waals surface area contributed by atoms with Crippen molar-refractivity contribution in [1.82, 2.24) is 15.6 Å². The Morgan fingerprint density at radius 2 is 2.00 bits per heavy atom. The molecular formula is C18H15ClN4O2. The van der Waals surface area contributed by atoms with Crippen LogP contribution in [0.5, 0.6) is 5.75 Å². The van der Waals surface area contributed by atoms with E-state index in [0.29, 0.717) is 22.0 Å². The number of nitrogens with zero attached hydrogens (tertiary/aromatic N) is 2. The number of hydrogen-bond acceptors (Lipinski definition) is 4. The molecule has 0 bridgehead atoms.